The minimum Gasteiger partial charge on any atom is -0.507 e. The lowest BCUT2D eigenvalue weighted by Gasteiger charge is -2.27. The van der Waals surface area contributed by atoms with Crippen LogP contribution in [0.1, 0.15) is 43.5 Å². The summed E-state index contributed by atoms with van der Waals surface area (Å²) in [6.07, 6.45) is 0. The van der Waals surface area contributed by atoms with Crippen molar-refractivity contribution in [2.75, 3.05) is 12.0 Å². The summed E-state index contributed by atoms with van der Waals surface area (Å²) in [5.74, 6) is -2.37. The Morgan fingerprint density at radius 2 is 1.69 bits per heavy atom. The van der Waals surface area contributed by atoms with Crippen LogP contribution in [0, 0.1) is 5.82 Å². The fourth-order valence-electron chi connectivity index (χ4n) is 4.20. The van der Waals surface area contributed by atoms with Crippen molar-refractivity contribution >= 4 is 34.7 Å². The van der Waals surface area contributed by atoms with Crippen molar-refractivity contribution in [2.24, 2.45) is 0 Å². The highest BCUT2D eigenvalue weighted by Crippen LogP contribution is 2.44. The number of carbonyl (C=O) groups is 2. The molecule has 7 heteroatoms. The number of ether oxygens (including phenoxy) is 1. The zero-order valence-corrected chi connectivity index (χ0v) is 20.6. The number of nitrogens with zero attached hydrogens (tertiary/aromatic N) is 1. The van der Waals surface area contributed by atoms with Crippen LogP contribution in [0.3, 0.4) is 0 Å². The lowest BCUT2D eigenvalue weighted by Crippen LogP contribution is -2.29. The Kier molecular flexibility index (Phi) is 6.43. The van der Waals surface area contributed by atoms with Crippen LogP contribution in [0.5, 0.6) is 5.75 Å². The second-order valence-corrected chi connectivity index (χ2v) is 9.75. The first kappa shape index (κ1) is 24.5. The van der Waals surface area contributed by atoms with Crippen molar-refractivity contribution in [2.45, 2.75) is 32.2 Å². The third kappa shape index (κ3) is 4.42. The van der Waals surface area contributed by atoms with Gasteiger partial charge in [0, 0.05) is 5.69 Å². The van der Waals surface area contributed by atoms with E-state index >= 15 is 0 Å². The summed E-state index contributed by atoms with van der Waals surface area (Å²) < 4.78 is 19.2. The van der Waals surface area contributed by atoms with E-state index in [1.165, 1.54) is 24.1 Å². The fourth-order valence-corrected chi connectivity index (χ4v) is 4.37. The van der Waals surface area contributed by atoms with E-state index in [0.717, 1.165) is 11.6 Å². The quantitative estimate of drug-likeness (QED) is 0.259. The summed E-state index contributed by atoms with van der Waals surface area (Å²) in [6.45, 7) is 6.24. The lowest BCUT2D eigenvalue weighted by molar-refractivity contribution is -0.132. The highest BCUT2D eigenvalue weighted by atomic mass is 35.5. The monoisotopic (exact) mass is 493 g/mol. The predicted molar refractivity (Wildman–Crippen MR) is 134 cm³/mol. The average molecular weight is 494 g/mol. The van der Waals surface area contributed by atoms with Crippen LogP contribution >= 0.6 is 11.6 Å². The average Bonchev–Trinajstić information content (AvgIpc) is 3.10. The van der Waals surface area contributed by atoms with Gasteiger partial charge in [-0.1, -0.05) is 68.8 Å². The molecule has 0 saturated carbocycles. The second-order valence-electron chi connectivity index (χ2n) is 9.34. The third-order valence-corrected chi connectivity index (χ3v) is 6.37. The van der Waals surface area contributed by atoms with Crippen LogP contribution in [0.4, 0.5) is 10.1 Å². The number of para-hydroxylation sites is 1. The molecule has 1 atom stereocenters. The number of Topliss-reactive ketones (excluding diaryl/α,β-unsaturated/α-hetero) is 1. The van der Waals surface area contributed by atoms with Gasteiger partial charge in [-0.2, -0.15) is 0 Å². The van der Waals surface area contributed by atoms with Crippen molar-refractivity contribution in [1.29, 1.82) is 0 Å². The van der Waals surface area contributed by atoms with Crippen LogP contribution in [0.2, 0.25) is 5.02 Å². The summed E-state index contributed by atoms with van der Waals surface area (Å²) >= 11 is 6.00. The van der Waals surface area contributed by atoms with Gasteiger partial charge in [-0.05, 0) is 46.9 Å². The van der Waals surface area contributed by atoms with Crippen LogP contribution in [-0.4, -0.2) is 23.9 Å². The maximum absolute atomic E-state index is 13.9. The molecular weight excluding hydrogens is 469 g/mol. The molecule has 5 nitrogen and oxygen atoms in total. The van der Waals surface area contributed by atoms with E-state index in [-0.39, 0.29) is 33.0 Å². The molecule has 35 heavy (non-hydrogen) atoms. The molecule has 0 radical (unpaired) electrons. The zero-order valence-electron chi connectivity index (χ0n) is 19.8. The van der Waals surface area contributed by atoms with Gasteiger partial charge in [0.2, 0.25) is 0 Å². The SMILES string of the molecule is COc1ccccc1/C(O)=C1\C(=O)C(=O)N(c2ccc(F)c(Cl)c2)C1c1ccc(C(C)(C)C)cc1. The van der Waals surface area contributed by atoms with Crippen LogP contribution < -0.4 is 9.64 Å². The highest BCUT2D eigenvalue weighted by Gasteiger charge is 2.47. The summed E-state index contributed by atoms with van der Waals surface area (Å²) in [5.41, 5.74) is 1.98. The molecule has 1 aliphatic heterocycles. The molecule has 1 fully saturated rings. The Labute approximate surface area is 208 Å². The van der Waals surface area contributed by atoms with Gasteiger partial charge in [0.25, 0.3) is 11.7 Å². The molecule has 3 aromatic carbocycles. The van der Waals surface area contributed by atoms with Gasteiger partial charge < -0.3 is 9.84 Å². The van der Waals surface area contributed by atoms with E-state index < -0.39 is 23.5 Å². The van der Waals surface area contributed by atoms with E-state index in [2.05, 4.69) is 20.8 Å². The molecule has 0 bridgehead atoms. The van der Waals surface area contributed by atoms with E-state index in [1.807, 2.05) is 24.3 Å². The Hall–Kier alpha value is -3.64. The predicted octanol–water partition coefficient (Wildman–Crippen LogP) is 6.41. The van der Waals surface area contributed by atoms with Gasteiger partial charge in [-0.15, -0.1) is 0 Å². The summed E-state index contributed by atoms with van der Waals surface area (Å²) in [6, 6.07) is 17.0. The number of rotatable bonds is 4. The standard InChI is InChI=1S/C28H25ClFNO4/c1-28(2,3)17-11-9-16(10-12-17)24-23(25(32)19-7-5-6-8-22(19)35-4)26(33)27(34)31(24)18-13-14-21(30)20(29)15-18/h5-15,24,32H,1-4H3/b25-23+. The van der Waals surface area contributed by atoms with Crippen LogP contribution in [0.25, 0.3) is 5.76 Å². The molecule has 0 aliphatic carbocycles. The maximum Gasteiger partial charge on any atom is 0.300 e. The fraction of sp³-hybridized carbons (Fsp3) is 0.214. The number of hydrogen-bond donors (Lipinski definition) is 1. The van der Waals surface area contributed by atoms with Crippen LogP contribution in [-0.2, 0) is 15.0 Å². The van der Waals surface area contributed by atoms with Gasteiger partial charge >= 0.3 is 0 Å². The first-order valence-corrected chi connectivity index (χ1v) is 11.4. The molecule has 1 saturated heterocycles. The molecule has 0 aromatic heterocycles. The number of benzene rings is 3. The van der Waals surface area contributed by atoms with Crippen molar-refractivity contribution in [3.8, 4) is 5.75 Å². The molecule has 3 aromatic rings. The summed E-state index contributed by atoms with van der Waals surface area (Å²) in [5, 5.41) is 11.1. The Morgan fingerprint density at radius 1 is 1.03 bits per heavy atom. The molecule has 1 aliphatic rings. The molecular formula is C28H25ClFNO4. The topological polar surface area (TPSA) is 66.8 Å². The molecule has 180 valence electrons. The number of carbonyl (C=O) groups excluding carboxylic acids is 2. The van der Waals surface area contributed by atoms with Gasteiger partial charge in [0.1, 0.15) is 17.3 Å². The maximum atomic E-state index is 13.9. The summed E-state index contributed by atoms with van der Waals surface area (Å²) in [7, 11) is 1.45. The molecule has 1 heterocycles. The Morgan fingerprint density at radius 3 is 2.29 bits per heavy atom. The minimum atomic E-state index is -0.963. The largest absolute Gasteiger partial charge is 0.507 e. The Bertz CT molecular complexity index is 1340. The Balaban J connectivity index is 1.96. The second kappa shape index (κ2) is 9.19. The smallest absolute Gasteiger partial charge is 0.300 e. The van der Waals surface area contributed by atoms with Crippen molar-refractivity contribution < 1.29 is 23.8 Å². The van der Waals surface area contributed by atoms with E-state index in [1.54, 1.807) is 24.3 Å². The van der Waals surface area contributed by atoms with Gasteiger partial charge in [-0.25, -0.2) is 4.39 Å². The molecule has 0 spiro atoms. The van der Waals surface area contributed by atoms with Gasteiger partial charge in [-0.3, -0.25) is 14.5 Å². The molecule has 1 amide bonds. The van der Waals surface area contributed by atoms with Gasteiger partial charge in [0.05, 0.1) is 29.3 Å². The molecule has 4 rings (SSSR count). The van der Waals surface area contributed by atoms with Crippen LogP contribution in [0.15, 0.2) is 72.3 Å². The zero-order chi connectivity index (χ0) is 25.5. The highest BCUT2D eigenvalue weighted by molar-refractivity contribution is 6.51. The lowest BCUT2D eigenvalue weighted by atomic mass is 9.85. The normalized spacial score (nSPS) is 17.7. The number of hydrogen-bond acceptors (Lipinski definition) is 4. The van der Waals surface area contributed by atoms with Gasteiger partial charge in [0.15, 0.2) is 0 Å². The number of halogens is 2. The van der Waals surface area contributed by atoms with E-state index in [0.29, 0.717) is 11.3 Å². The number of methoxy groups -OCH3 is 1. The first-order valence-electron chi connectivity index (χ1n) is 11.0. The van der Waals surface area contributed by atoms with Crippen molar-refractivity contribution in [3.05, 3.63) is 99.8 Å². The molecule has 1 N–H and O–H groups in total. The number of aliphatic hydroxyl groups is 1. The number of amides is 1. The summed E-state index contributed by atoms with van der Waals surface area (Å²) in [4.78, 5) is 27.8. The number of anilines is 1. The van der Waals surface area contributed by atoms with Crippen molar-refractivity contribution in [1.82, 2.24) is 0 Å². The number of aliphatic hydroxyl groups excluding tert-OH is 1. The first-order chi connectivity index (χ1) is 16.5. The minimum absolute atomic E-state index is 0.0940. The van der Waals surface area contributed by atoms with Crippen molar-refractivity contribution in [3.63, 3.8) is 0 Å². The number of ketones is 1. The van der Waals surface area contributed by atoms with E-state index in [9.17, 15) is 19.1 Å². The van der Waals surface area contributed by atoms with E-state index in [4.69, 9.17) is 16.3 Å². The third-order valence-electron chi connectivity index (χ3n) is 6.08. The molecule has 1 unspecified atom stereocenters.